The van der Waals surface area contributed by atoms with E-state index in [0.717, 1.165) is 4.88 Å². The molecule has 3 rings (SSSR count). The van der Waals surface area contributed by atoms with Crippen molar-refractivity contribution in [2.75, 3.05) is 18.9 Å². The molecule has 0 radical (unpaired) electrons. The lowest BCUT2D eigenvalue weighted by atomic mass is 10.0. The highest BCUT2D eigenvalue weighted by Crippen LogP contribution is 2.31. The van der Waals surface area contributed by atoms with Gasteiger partial charge in [-0.15, -0.1) is 11.3 Å². The molecule has 0 spiro atoms. The van der Waals surface area contributed by atoms with Gasteiger partial charge in [-0.3, -0.25) is 0 Å². The molecule has 0 unspecified atom stereocenters. The Hall–Kier alpha value is -3.04. The van der Waals surface area contributed by atoms with Gasteiger partial charge >= 0.3 is 18.0 Å². The van der Waals surface area contributed by atoms with Gasteiger partial charge in [0.05, 0.1) is 29.5 Å². The number of rotatable bonds is 6. The molecule has 1 aromatic carbocycles. The molecule has 1 aromatic heterocycles. The van der Waals surface area contributed by atoms with Gasteiger partial charge in [-0.25, -0.2) is 14.4 Å². The molecule has 29 heavy (non-hydrogen) atoms. The number of nitrogen functional groups attached to an aromatic ring is 1. The zero-order chi connectivity index (χ0) is 21.0. The fraction of sp³-hybridized carbons (Fsp3) is 0.211. The van der Waals surface area contributed by atoms with Crippen molar-refractivity contribution in [2.45, 2.75) is 13.0 Å². The van der Waals surface area contributed by atoms with Gasteiger partial charge in [-0.1, -0.05) is 17.7 Å². The van der Waals surface area contributed by atoms with Crippen molar-refractivity contribution in [1.82, 2.24) is 10.6 Å². The van der Waals surface area contributed by atoms with Gasteiger partial charge in [-0.05, 0) is 36.6 Å². The Labute approximate surface area is 175 Å². The van der Waals surface area contributed by atoms with Crippen molar-refractivity contribution in [2.24, 2.45) is 0 Å². The summed E-state index contributed by atoms with van der Waals surface area (Å²) in [5.41, 5.74) is 6.41. The third-order valence-corrected chi connectivity index (χ3v) is 5.23. The lowest BCUT2D eigenvalue weighted by Crippen LogP contribution is -2.46. The highest BCUT2D eigenvalue weighted by atomic mass is 35.5. The number of carbonyl (C=O) groups is 3. The topological polar surface area (TPSA) is 120 Å². The molecular weight excluding hydrogens is 418 g/mol. The van der Waals surface area contributed by atoms with Gasteiger partial charge in [0.25, 0.3) is 0 Å². The zero-order valence-corrected chi connectivity index (χ0v) is 16.9. The molecule has 4 N–H and O–H groups in total. The average Bonchev–Trinajstić information content (AvgIpc) is 3.20. The number of thiophene rings is 1. The Balaban J connectivity index is 1.89. The van der Waals surface area contributed by atoms with E-state index in [1.807, 2.05) is 5.38 Å². The number of urea groups is 1. The molecule has 0 saturated heterocycles. The molecule has 1 aliphatic rings. The Morgan fingerprint density at radius 2 is 2.03 bits per heavy atom. The first-order valence-corrected chi connectivity index (χ1v) is 9.89. The van der Waals surface area contributed by atoms with Crippen LogP contribution in [0.3, 0.4) is 0 Å². The monoisotopic (exact) mass is 435 g/mol. The number of carbonyl (C=O) groups excluding carboxylic acids is 3. The van der Waals surface area contributed by atoms with Crippen LogP contribution in [0, 0.1) is 0 Å². The third-order valence-electron chi connectivity index (χ3n) is 4.06. The van der Waals surface area contributed by atoms with E-state index in [9.17, 15) is 14.4 Å². The van der Waals surface area contributed by atoms with Crippen LogP contribution in [0.5, 0.6) is 0 Å². The summed E-state index contributed by atoms with van der Waals surface area (Å²) in [6.07, 6.45) is 0. The predicted molar refractivity (Wildman–Crippen MR) is 109 cm³/mol. The number of ether oxygens (including phenoxy) is 2. The van der Waals surface area contributed by atoms with Gasteiger partial charge in [-0.2, -0.15) is 0 Å². The van der Waals surface area contributed by atoms with Crippen molar-refractivity contribution in [3.05, 3.63) is 62.4 Å². The fourth-order valence-corrected chi connectivity index (χ4v) is 3.75. The largest absolute Gasteiger partial charge is 0.463 e. The molecule has 0 fully saturated rings. The van der Waals surface area contributed by atoms with Crippen LogP contribution in [0.2, 0.25) is 5.02 Å². The van der Waals surface area contributed by atoms with E-state index >= 15 is 0 Å². The number of amides is 2. The second-order valence-electron chi connectivity index (χ2n) is 5.97. The maximum absolute atomic E-state index is 12.6. The van der Waals surface area contributed by atoms with Crippen LogP contribution in [-0.4, -0.2) is 31.2 Å². The summed E-state index contributed by atoms with van der Waals surface area (Å²) in [5, 5.41) is 7.45. The number of esters is 2. The Bertz CT molecular complexity index is 974. The summed E-state index contributed by atoms with van der Waals surface area (Å²) in [6.45, 7) is 1.49. The quantitative estimate of drug-likeness (QED) is 0.474. The Morgan fingerprint density at radius 1 is 1.24 bits per heavy atom. The summed E-state index contributed by atoms with van der Waals surface area (Å²) < 4.78 is 10.4. The average molecular weight is 436 g/mol. The number of hydrogen-bond acceptors (Lipinski definition) is 7. The van der Waals surface area contributed by atoms with Crippen LogP contribution in [0.4, 0.5) is 10.5 Å². The highest BCUT2D eigenvalue weighted by molar-refractivity contribution is 7.10. The van der Waals surface area contributed by atoms with Crippen LogP contribution in [-0.2, 0) is 14.3 Å². The Morgan fingerprint density at radius 3 is 2.69 bits per heavy atom. The molecular formula is C19H18ClN3O5S. The van der Waals surface area contributed by atoms with Crippen molar-refractivity contribution in [3.63, 3.8) is 0 Å². The molecule has 10 heteroatoms. The van der Waals surface area contributed by atoms with Crippen LogP contribution in [0.15, 0.2) is 47.0 Å². The van der Waals surface area contributed by atoms with Gasteiger partial charge in [0.15, 0.2) is 0 Å². The smallest absolute Gasteiger partial charge is 0.340 e. The minimum atomic E-state index is -0.713. The number of anilines is 1. The predicted octanol–water partition coefficient (Wildman–Crippen LogP) is 3.01. The normalized spacial score (nSPS) is 16.1. The van der Waals surface area contributed by atoms with Crippen LogP contribution >= 0.6 is 22.9 Å². The number of hydrogen-bond donors (Lipinski definition) is 3. The van der Waals surface area contributed by atoms with E-state index < -0.39 is 24.0 Å². The summed E-state index contributed by atoms with van der Waals surface area (Å²) in [7, 11) is 0. The fourth-order valence-electron chi connectivity index (χ4n) is 2.79. The van der Waals surface area contributed by atoms with Gasteiger partial charge in [0.2, 0.25) is 0 Å². The zero-order valence-electron chi connectivity index (χ0n) is 15.4. The number of halogens is 1. The van der Waals surface area contributed by atoms with Crippen molar-refractivity contribution in [3.8, 4) is 0 Å². The van der Waals surface area contributed by atoms with E-state index in [-0.39, 0.29) is 35.7 Å². The summed E-state index contributed by atoms with van der Waals surface area (Å²) >= 11 is 7.22. The lowest BCUT2D eigenvalue weighted by molar-refractivity contribution is -0.139. The maximum atomic E-state index is 12.6. The summed E-state index contributed by atoms with van der Waals surface area (Å²) in [5.74, 6) is -1.33. The molecule has 0 saturated carbocycles. The maximum Gasteiger partial charge on any atom is 0.340 e. The van der Waals surface area contributed by atoms with Crippen molar-refractivity contribution in [1.29, 1.82) is 0 Å². The SMILES string of the molecule is CCOC(=O)C1=C(COC(=O)c2ccc(Cl)cc2N)NC(=O)N[C@@H]1c1cccs1. The van der Waals surface area contributed by atoms with Crippen molar-refractivity contribution >= 4 is 46.6 Å². The van der Waals surface area contributed by atoms with Gasteiger partial charge < -0.3 is 25.8 Å². The first-order chi connectivity index (χ1) is 13.9. The van der Waals surface area contributed by atoms with Crippen LogP contribution in [0.25, 0.3) is 0 Å². The number of benzene rings is 1. The molecule has 2 aromatic rings. The van der Waals surface area contributed by atoms with E-state index in [0.29, 0.717) is 5.02 Å². The molecule has 2 amide bonds. The lowest BCUT2D eigenvalue weighted by Gasteiger charge is -2.28. The molecule has 1 atom stereocenters. The van der Waals surface area contributed by atoms with Gasteiger partial charge in [0.1, 0.15) is 6.61 Å². The molecule has 0 aliphatic carbocycles. The first-order valence-electron chi connectivity index (χ1n) is 8.64. The molecule has 1 aliphatic heterocycles. The molecule has 152 valence electrons. The number of nitrogens with one attached hydrogen (secondary N) is 2. The number of nitrogens with two attached hydrogens (primary N) is 1. The first kappa shape index (κ1) is 20.7. The van der Waals surface area contributed by atoms with Crippen LogP contribution in [0.1, 0.15) is 28.2 Å². The standard InChI is InChI=1S/C19H18ClN3O5S/c1-2-27-18(25)15-13(22-19(26)23-16(15)14-4-3-7-29-14)9-28-17(24)11-6-5-10(20)8-12(11)21/h3-8,16H,2,9,21H2,1H3,(H2,22,23,26)/t16-/m1/s1. The van der Waals surface area contributed by atoms with E-state index in [4.69, 9.17) is 26.8 Å². The molecule has 2 heterocycles. The third kappa shape index (κ3) is 4.69. The summed E-state index contributed by atoms with van der Waals surface area (Å²) in [4.78, 5) is 37.9. The summed E-state index contributed by atoms with van der Waals surface area (Å²) in [6, 6.07) is 6.75. The van der Waals surface area contributed by atoms with Gasteiger partial charge in [0, 0.05) is 15.6 Å². The van der Waals surface area contributed by atoms with Crippen molar-refractivity contribution < 1.29 is 23.9 Å². The molecule has 0 bridgehead atoms. The Kier molecular flexibility index (Phi) is 6.40. The minimum Gasteiger partial charge on any atom is -0.463 e. The van der Waals surface area contributed by atoms with E-state index in [1.54, 1.807) is 19.1 Å². The second-order valence-corrected chi connectivity index (χ2v) is 7.38. The van der Waals surface area contributed by atoms with Crippen LogP contribution < -0.4 is 16.4 Å². The second kappa shape index (κ2) is 8.97. The van der Waals surface area contributed by atoms with E-state index in [1.165, 1.54) is 29.5 Å². The highest BCUT2D eigenvalue weighted by Gasteiger charge is 2.34. The molecule has 8 nitrogen and oxygen atoms in total. The minimum absolute atomic E-state index is 0.128. The van der Waals surface area contributed by atoms with E-state index in [2.05, 4.69) is 10.6 Å².